The van der Waals surface area contributed by atoms with Crippen LogP contribution in [0.1, 0.15) is 6.92 Å². The number of hydrazine groups is 1. The fraction of sp³-hybridized carbons (Fsp3) is 0.467. The van der Waals surface area contributed by atoms with Crippen molar-refractivity contribution in [3.05, 3.63) is 24.3 Å². The molecule has 2 aromatic rings. The first-order chi connectivity index (χ1) is 10.1. The molecular weight excluding hydrogens is 264 g/mol. The van der Waals surface area contributed by atoms with Gasteiger partial charge in [0, 0.05) is 24.5 Å². The molecule has 6 heteroatoms. The van der Waals surface area contributed by atoms with Crippen LogP contribution in [0, 0.1) is 5.92 Å². The molecule has 2 unspecified atom stereocenters. The summed E-state index contributed by atoms with van der Waals surface area (Å²) in [5, 5.41) is 1.07. The summed E-state index contributed by atoms with van der Waals surface area (Å²) in [6.07, 6.45) is 0. The molecule has 0 spiro atoms. The first-order valence-electron chi connectivity index (χ1n) is 7.25. The topological polar surface area (TPSA) is 70.3 Å². The number of nitrogen functional groups attached to an aromatic ring is 1. The molecule has 1 aliphatic rings. The molecule has 0 aliphatic carbocycles. The van der Waals surface area contributed by atoms with Crippen molar-refractivity contribution in [2.45, 2.75) is 13.0 Å². The van der Waals surface area contributed by atoms with E-state index in [-0.39, 0.29) is 0 Å². The number of rotatable bonds is 3. The molecule has 2 heterocycles. The molecule has 112 valence electrons. The van der Waals surface area contributed by atoms with E-state index < -0.39 is 0 Å². The van der Waals surface area contributed by atoms with Crippen LogP contribution < -0.4 is 16.2 Å². The van der Waals surface area contributed by atoms with E-state index in [1.54, 1.807) is 0 Å². The highest BCUT2D eigenvalue weighted by Gasteiger charge is 2.32. The maximum atomic E-state index is 5.51. The monoisotopic (exact) mass is 286 g/mol. The van der Waals surface area contributed by atoms with E-state index in [9.17, 15) is 0 Å². The minimum Gasteiger partial charge on any atom is -0.354 e. The molecule has 1 saturated heterocycles. The maximum absolute atomic E-state index is 5.51. The van der Waals surface area contributed by atoms with Gasteiger partial charge in [-0.05, 0) is 32.1 Å². The van der Waals surface area contributed by atoms with Crippen LogP contribution in [0.4, 0.5) is 11.8 Å². The van der Waals surface area contributed by atoms with E-state index in [4.69, 9.17) is 5.84 Å². The van der Waals surface area contributed by atoms with Crippen molar-refractivity contribution in [2.24, 2.45) is 11.8 Å². The van der Waals surface area contributed by atoms with Crippen LogP contribution in [-0.4, -0.2) is 48.1 Å². The van der Waals surface area contributed by atoms with Gasteiger partial charge < -0.3 is 9.80 Å². The van der Waals surface area contributed by atoms with Gasteiger partial charge in [-0.2, -0.15) is 4.98 Å². The summed E-state index contributed by atoms with van der Waals surface area (Å²) in [6, 6.07) is 8.60. The highest BCUT2D eigenvalue weighted by Crippen LogP contribution is 2.30. The highest BCUT2D eigenvalue weighted by molar-refractivity contribution is 5.90. The molecule has 0 radical (unpaired) electrons. The third-order valence-corrected chi connectivity index (χ3v) is 4.25. The first kappa shape index (κ1) is 14.0. The lowest BCUT2D eigenvalue weighted by atomic mass is 10.1. The second kappa shape index (κ2) is 5.46. The average Bonchev–Trinajstić information content (AvgIpc) is 2.88. The molecule has 0 bridgehead atoms. The van der Waals surface area contributed by atoms with Crippen molar-refractivity contribution >= 4 is 22.7 Å². The number of para-hydroxylation sites is 1. The number of aromatic nitrogens is 2. The number of hydrogen-bond donors (Lipinski definition) is 2. The molecule has 3 N–H and O–H groups in total. The zero-order chi connectivity index (χ0) is 15.0. The Morgan fingerprint density at radius 2 is 2.00 bits per heavy atom. The summed E-state index contributed by atoms with van der Waals surface area (Å²) in [7, 11) is 4.27. The van der Waals surface area contributed by atoms with Gasteiger partial charge in [-0.1, -0.05) is 19.1 Å². The largest absolute Gasteiger partial charge is 0.354 e. The molecule has 1 aromatic heterocycles. The summed E-state index contributed by atoms with van der Waals surface area (Å²) in [4.78, 5) is 13.6. The molecule has 0 amide bonds. The third kappa shape index (κ3) is 2.52. The lowest BCUT2D eigenvalue weighted by Crippen LogP contribution is -2.34. The third-order valence-electron chi connectivity index (χ3n) is 4.25. The first-order valence-corrected chi connectivity index (χ1v) is 7.25. The summed E-state index contributed by atoms with van der Waals surface area (Å²) in [6.45, 7) is 4.25. The number of likely N-dealkylation sites (N-methyl/N-ethyl adjacent to an activating group) is 1. The van der Waals surface area contributed by atoms with Crippen molar-refractivity contribution in [2.75, 3.05) is 37.5 Å². The molecule has 6 nitrogen and oxygen atoms in total. The number of fused-ring (bicyclic) bond motifs is 1. The Morgan fingerprint density at radius 3 is 2.67 bits per heavy atom. The smallest absolute Gasteiger partial charge is 0.239 e. The maximum Gasteiger partial charge on any atom is 0.239 e. The molecule has 3 rings (SSSR count). The molecular formula is C15H22N6. The fourth-order valence-electron chi connectivity index (χ4n) is 3.16. The van der Waals surface area contributed by atoms with Crippen molar-refractivity contribution < 1.29 is 0 Å². The van der Waals surface area contributed by atoms with Crippen LogP contribution >= 0.6 is 0 Å². The molecule has 1 fully saturated rings. The van der Waals surface area contributed by atoms with Gasteiger partial charge in [0.15, 0.2) is 0 Å². The predicted molar refractivity (Wildman–Crippen MR) is 86.2 cm³/mol. The Balaban J connectivity index is 2.04. The number of nitrogens with two attached hydrogens (primary N) is 1. The lowest BCUT2D eigenvalue weighted by molar-refractivity contribution is 0.266. The Morgan fingerprint density at radius 1 is 1.24 bits per heavy atom. The summed E-state index contributed by atoms with van der Waals surface area (Å²) >= 11 is 0. The van der Waals surface area contributed by atoms with Crippen LogP contribution in [0.25, 0.3) is 10.9 Å². The molecule has 21 heavy (non-hydrogen) atoms. The minimum atomic E-state index is 0.463. The SMILES string of the molecule is CC1CN(c2nc(NN)nc3ccccc23)CC1N(C)C. The van der Waals surface area contributed by atoms with Gasteiger partial charge in [-0.25, -0.2) is 10.8 Å². The number of nitrogens with one attached hydrogen (secondary N) is 1. The van der Waals surface area contributed by atoms with E-state index in [1.165, 1.54) is 0 Å². The normalized spacial score (nSPS) is 22.2. The minimum absolute atomic E-state index is 0.463. The number of anilines is 2. The van der Waals surface area contributed by atoms with E-state index in [1.807, 2.05) is 18.2 Å². The standard InChI is InChI=1S/C15H22N6/c1-10-8-21(9-13(10)20(2)3)14-11-6-4-5-7-12(11)17-15(18-14)19-16/h4-7,10,13H,8-9,16H2,1-3H3,(H,17,18,19). The van der Waals surface area contributed by atoms with Crippen LogP contribution in [0.5, 0.6) is 0 Å². The van der Waals surface area contributed by atoms with E-state index in [2.05, 4.69) is 52.3 Å². The molecule has 2 atom stereocenters. The van der Waals surface area contributed by atoms with Crippen molar-refractivity contribution in [3.63, 3.8) is 0 Å². The quantitative estimate of drug-likeness (QED) is 0.655. The van der Waals surface area contributed by atoms with Gasteiger partial charge >= 0.3 is 0 Å². The van der Waals surface area contributed by atoms with Gasteiger partial charge in [-0.15, -0.1) is 0 Å². The Labute approximate surface area is 124 Å². The summed E-state index contributed by atoms with van der Waals surface area (Å²) in [5.74, 6) is 7.53. The molecule has 1 aromatic carbocycles. The van der Waals surface area contributed by atoms with Crippen LogP contribution in [0.15, 0.2) is 24.3 Å². The second-order valence-corrected chi connectivity index (χ2v) is 5.95. The van der Waals surface area contributed by atoms with Gasteiger partial charge in [0.05, 0.1) is 5.52 Å². The van der Waals surface area contributed by atoms with Crippen LogP contribution in [0.3, 0.4) is 0 Å². The fourth-order valence-corrected chi connectivity index (χ4v) is 3.16. The summed E-state index contributed by atoms with van der Waals surface area (Å²) < 4.78 is 0. The molecule has 1 aliphatic heterocycles. The summed E-state index contributed by atoms with van der Waals surface area (Å²) in [5.41, 5.74) is 3.48. The van der Waals surface area contributed by atoms with Crippen molar-refractivity contribution in [1.82, 2.24) is 14.9 Å². The van der Waals surface area contributed by atoms with Crippen molar-refractivity contribution in [3.8, 4) is 0 Å². The zero-order valence-electron chi connectivity index (χ0n) is 12.7. The van der Waals surface area contributed by atoms with Gasteiger partial charge in [0.2, 0.25) is 5.95 Å². The number of benzene rings is 1. The van der Waals surface area contributed by atoms with Crippen molar-refractivity contribution in [1.29, 1.82) is 0 Å². The number of hydrogen-bond acceptors (Lipinski definition) is 6. The van der Waals surface area contributed by atoms with E-state index in [0.717, 1.165) is 29.8 Å². The number of nitrogens with zero attached hydrogens (tertiary/aromatic N) is 4. The second-order valence-electron chi connectivity index (χ2n) is 5.95. The molecule has 0 saturated carbocycles. The zero-order valence-corrected chi connectivity index (χ0v) is 12.7. The van der Waals surface area contributed by atoms with Gasteiger partial charge in [0.1, 0.15) is 5.82 Å². The Kier molecular flexibility index (Phi) is 3.65. The van der Waals surface area contributed by atoms with Gasteiger partial charge in [-0.3, -0.25) is 5.43 Å². The predicted octanol–water partition coefficient (Wildman–Crippen LogP) is 1.30. The van der Waals surface area contributed by atoms with E-state index >= 15 is 0 Å². The van der Waals surface area contributed by atoms with E-state index in [0.29, 0.717) is 17.9 Å². The highest BCUT2D eigenvalue weighted by atomic mass is 15.3. The Hall–Kier alpha value is -1.92. The lowest BCUT2D eigenvalue weighted by Gasteiger charge is -2.23. The van der Waals surface area contributed by atoms with Gasteiger partial charge in [0.25, 0.3) is 0 Å². The average molecular weight is 286 g/mol. The van der Waals surface area contributed by atoms with Crippen LogP contribution in [0.2, 0.25) is 0 Å². The van der Waals surface area contributed by atoms with Crippen LogP contribution in [-0.2, 0) is 0 Å². The Bertz CT molecular complexity index is 641.